The summed E-state index contributed by atoms with van der Waals surface area (Å²) < 4.78 is 10.6. The largest absolute Gasteiger partial charge is 0.493 e. The van der Waals surface area contributed by atoms with Crippen molar-refractivity contribution in [2.75, 3.05) is 20.3 Å². The Morgan fingerprint density at radius 3 is 2.59 bits per heavy atom. The number of methoxy groups -OCH3 is 1. The molecule has 0 radical (unpaired) electrons. The van der Waals surface area contributed by atoms with E-state index in [2.05, 4.69) is 0 Å². The Labute approximate surface area is 102 Å². The van der Waals surface area contributed by atoms with Crippen LogP contribution in [-0.2, 0) is 4.79 Å². The zero-order valence-electron chi connectivity index (χ0n) is 10.1. The fraction of sp³-hybridized carbons (Fsp3) is 0.462. The minimum atomic E-state index is 0.186. The highest BCUT2D eigenvalue weighted by atomic mass is 16.5. The van der Waals surface area contributed by atoms with Crippen molar-refractivity contribution in [2.45, 2.75) is 19.3 Å². The lowest BCUT2D eigenvalue weighted by atomic mass is 10.2. The van der Waals surface area contributed by atoms with Gasteiger partial charge >= 0.3 is 0 Å². The van der Waals surface area contributed by atoms with E-state index in [1.807, 2.05) is 24.3 Å². The maximum atomic E-state index is 11.4. The molecule has 1 rings (SSSR count). The molecule has 2 N–H and O–H groups in total. The lowest BCUT2D eigenvalue weighted by Gasteiger charge is -2.09. The van der Waals surface area contributed by atoms with Gasteiger partial charge in [-0.1, -0.05) is 12.1 Å². The van der Waals surface area contributed by atoms with E-state index in [9.17, 15) is 4.79 Å². The molecule has 0 saturated carbocycles. The summed E-state index contributed by atoms with van der Waals surface area (Å²) in [4.78, 5) is 11.4. The monoisotopic (exact) mass is 237 g/mol. The molecule has 1 aromatic carbocycles. The van der Waals surface area contributed by atoms with Gasteiger partial charge in [-0.2, -0.15) is 0 Å². The average Bonchev–Trinajstić information content (AvgIpc) is 2.37. The normalized spacial score (nSPS) is 10.0. The zero-order chi connectivity index (χ0) is 12.5. The molecule has 0 aliphatic rings. The van der Waals surface area contributed by atoms with Crippen molar-refractivity contribution in [3.05, 3.63) is 24.3 Å². The van der Waals surface area contributed by atoms with Crippen LogP contribution in [-0.4, -0.2) is 26.0 Å². The molecular weight excluding hydrogens is 218 g/mol. The van der Waals surface area contributed by atoms with Gasteiger partial charge in [-0.25, -0.2) is 0 Å². The summed E-state index contributed by atoms with van der Waals surface area (Å²) in [5.74, 6) is 1.54. The number of benzene rings is 1. The van der Waals surface area contributed by atoms with Gasteiger partial charge in [-0.3, -0.25) is 4.79 Å². The molecule has 0 aliphatic carbocycles. The minimum Gasteiger partial charge on any atom is -0.493 e. The van der Waals surface area contributed by atoms with Crippen molar-refractivity contribution < 1.29 is 14.3 Å². The quantitative estimate of drug-likeness (QED) is 0.748. The molecule has 4 nitrogen and oxygen atoms in total. The number of Topliss-reactive ketones (excluding diaryl/α,β-unsaturated/α-hetero) is 1. The van der Waals surface area contributed by atoms with Crippen molar-refractivity contribution in [3.8, 4) is 11.5 Å². The number of rotatable bonds is 8. The van der Waals surface area contributed by atoms with Crippen LogP contribution in [0.1, 0.15) is 19.3 Å². The number of carbonyl (C=O) groups is 1. The fourth-order valence-corrected chi connectivity index (χ4v) is 1.44. The molecule has 0 unspecified atom stereocenters. The smallest absolute Gasteiger partial charge is 0.161 e. The molecule has 94 valence electrons. The van der Waals surface area contributed by atoms with Crippen molar-refractivity contribution in [2.24, 2.45) is 5.73 Å². The number of carbonyl (C=O) groups excluding carboxylic acids is 1. The van der Waals surface area contributed by atoms with Crippen LogP contribution in [0.5, 0.6) is 11.5 Å². The molecule has 0 spiro atoms. The highest BCUT2D eigenvalue weighted by molar-refractivity contribution is 5.78. The van der Waals surface area contributed by atoms with E-state index in [0.717, 1.165) is 6.42 Å². The Hall–Kier alpha value is -1.55. The SMILES string of the molecule is COc1ccccc1OCCC(=O)CCCN. The summed E-state index contributed by atoms with van der Waals surface area (Å²) in [6.07, 6.45) is 1.69. The first-order chi connectivity index (χ1) is 8.27. The summed E-state index contributed by atoms with van der Waals surface area (Å²) in [6, 6.07) is 7.39. The van der Waals surface area contributed by atoms with E-state index in [-0.39, 0.29) is 5.78 Å². The van der Waals surface area contributed by atoms with Gasteiger partial charge in [0.1, 0.15) is 5.78 Å². The van der Waals surface area contributed by atoms with Gasteiger partial charge in [0, 0.05) is 12.8 Å². The van der Waals surface area contributed by atoms with Gasteiger partial charge in [0.25, 0.3) is 0 Å². The third-order valence-electron chi connectivity index (χ3n) is 2.37. The Morgan fingerprint density at radius 1 is 1.24 bits per heavy atom. The van der Waals surface area contributed by atoms with Gasteiger partial charge in [0.05, 0.1) is 13.7 Å². The van der Waals surface area contributed by atoms with E-state index >= 15 is 0 Å². The van der Waals surface area contributed by atoms with Gasteiger partial charge in [0.15, 0.2) is 11.5 Å². The van der Waals surface area contributed by atoms with Gasteiger partial charge in [-0.05, 0) is 25.1 Å². The standard InChI is InChI=1S/C13H19NO3/c1-16-12-6-2-3-7-13(12)17-10-8-11(15)5-4-9-14/h2-3,6-7H,4-5,8-10,14H2,1H3. The topological polar surface area (TPSA) is 61.5 Å². The van der Waals surface area contributed by atoms with Crippen molar-refractivity contribution in [1.82, 2.24) is 0 Å². The first kappa shape index (κ1) is 13.5. The maximum Gasteiger partial charge on any atom is 0.161 e. The highest BCUT2D eigenvalue weighted by Gasteiger charge is 2.05. The molecule has 0 atom stereocenters. The fourth-order valence-electron chi connectivity index (χ4n) is 1.44. The Morgan fingerprint density at radius 2 is 1.94 bits per heavy atom. The Kier molecular flexibility index (Phi) is 6.10. The van der Waals surface area contributed by atoms with Crippen LogP contribution in [0.4, 0.5) is 0 Å². The number of hydrogen-bond donors (Lipinski definition) is 1. The van der Waals surface area contributed by atoms with E-state index in [1.54, 1.807) is 7.11 Å². The predicted molar refractivity (Wildman–Crippen MR) is 66.4 cm³/mol. The summed E-state index contributed by atoms with van der Waals surface area (Å²) >= 11 is 0. The van der Waals surface area contributed by atoms with E-state index in [0.29, 0.717) is 37.5 Å². The lowest BCUT2D eigenvalue weighted by molar-refractivity contribution is -0.119. The third-order valence-corrected chi connectivity index (χ3v) is 2.37. The van der Waals surface area contributed by atoms with Crippen LogP contribution in [0.3, 0.4) is 0 Å². The second-order valence-electron chi connectivity index (χ2n) is 3.68. The number of nitrogens with two attached hydrogens (primary N) is 1. The van der Waals surface area contributed by atoms with Gasteiger partial charge in [0.2, 0.25) is 0 Å². The van der Waals surface area contributed by atoms with Crippen molar-refractivity contribution in [1.29, 1.82) is 0 Å². The van der Waals surface area contributed by atoms with E-state index in [1.165, 1.54) is 0 Å². The summed E-state index contributed by atoms with van der Waals surface area (Å²) in [6.45, 7) is 0.933. The summed E-state index contributed by atoms with van der Waals surface area (Å²) in [5.41, 5.74) is 5.33. The minimum absolute atomic E-state index is 0.186. The highest BCUT2D eigenvalue weighted by Crippen LogP contribution is 2.25. The molecule has 0 aliphatic heterocycles. The van der Waals surface area contributed by atoms with Crippen LogP contribution in [0.2, 0.25) is 0 Å². The van der Waals surface area contributed by atoms with Crippen molar-refractivity contribution in [3.63, 3.8) is 0 Å². The lowest BCUT2D eigenvalue weighted by Crippen LogP contribution is -2.09. The average molecular weight is 237 g/mol. The van der Waals surface area contributed by atoms with Crippen molar-refractivity contribution >= 4 is 5.78 Å². The molecule has 0 amide bonds. The number of hydrogen-bond acceptors (Lipinski definition) is 4. The molecule has 1 aromatic rings. The second kappa shape index (κ2) is 7.68. The van der Waals surface area contributed by atoms with Crippen LogP contribution < -0.4 is 15.2 Å². The summed E-state index contributed by atoms with van der Waals surface area (Å²) in [7, 11) is 1.59. The van der Waals surface area contributed by atoms with Crippen LogP contribution >= 0.6 is 0 Å². The molecule has 0 bridgehead atoms. The molecule has 0 heterocycles. The third kappa shape index (κ3) is 4.87. The first-order valence-electron chi connectivity index (χ1n) is 5.75. The maximum absolute atomic E-state index is 11.4. The summed E-state index contributed by atoms with van der Waals surface area (Å²) in [5, 5.41) is 0. The molecule has 0 saturated heterocycles. The number of ketones is 1. The Balaban J connectivity index is 2.33. The van der Waals surface area contributed by atoms with Crippen LogP contribution in [0.15, 0.2) is 24.3 Å². The predicted octanol–water partition coefficient (Wildman–Crippen LogP) is 1.77. The zero-order valence-corrected chi connectivity index (χ0v) is 10.1. The first-order valence-corrected chi connectivity index (χ1v) is 5.75. The molecule has 17 heavy (non-hydrogen) atoms. The molecular formula is C13H19NO3. The molecule has 0 fully saturated rings. The van der Waals surface area contributed by atoms with E-state index < -0.39 is 0 Å². The van der Waals surface area contributed by atoms with E-state index in [4.69, 9.17) is 15.2 Å². The van der Waals surface area contributed by atoms with Crippen LogP contribution in [0, 0.1) is 0 Å². The molecule has 4 heteroatoms. The van der Waals surface area contributed by atoms with Gasteiger partial charge < -0.3 is 15.2 Å². The number of para-hydroxylation sites is 2. The van der Waals surface area contributed by atoms with Gasteiger partial charge in [-0.15, -0.1) is 0 Å². The van der Waals surface area contributed by atoms with Crippen LogP contribution in [0.25, 0.3) is 0 Å². The molecule has 0 aromatic heterocycles. The number of ether oxygens (including phenoxy) is 2. The second-order valence-corrected chi connectivity index (χ2v) is 3.68. The Bertz CT molecular complexity index is 352.